The normalized spacial score (nSPS) is 10.2. The average Bonchev–Trinajstić information content (AvgIpc) is 2.24. The standard InChI is InChI=1S/C10H13N5O2/c1-3-15(5-4-11)10(17)14-9-12-7(2)6-8(16)13-9/h3-6H,1,11H2,2H3,(H2,12,13,14,16,17)/b5-4-. The number of nitrogens with one attached hydrogen (secondary N) is 2. The van der Waals surface area contributed by atoms with Gasteiger partial charge in [-0.05, 0) is 6.92 Å². The minimum absolute atomic E-state index is 0.0669. The van der Waals surface area contributed by atoms with Crippen molar-refractivity contribution in [3.8, 4) is 0 Å². The van der Waals surface area contributed by atoms with Gasteiger partial charge in [-0.3, -0.25) is 15.0 Å². The highest BCUT2D eigenvalue weighted by atomic mass is 16.2. The van der Waals surface area contributed by atoms with Crippen LogP contribution in [0.4, 0.5) is 10.7 Å². The highest BCUT2D eigenvalue weighted by Crippen LogP contribution is 2.00. The van der Waals surface area contributed by atoms with E-state index in [-0.39, 0.29) is 5.95 Å². The van der Waals surface area contributed by atoms with Crippen LogP contribution in [-0.4, -0.2) is 20.9 Å². The van der Waals surface area contributed by atoms with Crippen molar-refractivity contribution in [1.29, 1.82) is 0 Å². The van der Waals surface area contributed by atoms with Crippen LogP contribution in [0, 0.1) is 6.92 Å². The van der Waals surface area contributed by atoms with Crippen LogP contribution in [0.2, 0.25) is 0 Å². The third kappa shape index (κ3) is 3.49. The lowest BCUT2D eigenvalue weighted by Gasteiger charge is -2.13. The fourth-order valence-corrected chi connectivity index (χ4v) is 1.11. The van der Waals surface area contributed by atoms with Crippen LogP contribution in [0.3, 0.4) is 0 Å². The maximum Gasteiger partial charge on any atom is 0.332 e. The van der Waals surface area contributed by atoms with E-state index >= 15 is 0 Å². The molecule has 0 aromatic carbocycles. The first-order valence-corrected chi connectivity index (χ1v) is 4.75. The largest absolute Gasteiger partial charge is 0.403 e. The lowest BCUT2D eigenvalue weighted by Crippen LogP contribution is -2.28. The van der Waals surface area contributed by atoms with Gasteiger partial charge in [0, 0.05) is 30.4 Å². The number of hydrogen-bond acceptors (Lipinski definition) is 4. The van der Waals surface area contributed by atoms with Gasteiger partial charge in [0.1, 0.15) is 0 Å². The van der Waals surface area contributed by atoms with Crippen LogP contribution in [0.25, 0.3) is 0 Å². The number of nitrogens with zero attached hydrogens (tertiary/aromatic N) is 2. The second-order valence-corrected chi connectivity index (χ2v) is 3.11. The third-order valence-corrected chi connectivity index (χ3v) is 1.78. The van der Waals surface area contributed by atoms with Gasteiger partial charge in [0.15, 0.2) is 0 Å². The van der Waals surface area contributed by atoms with Gasteiger partial charge in [0.2, 0.25) is 5.95 Å². The summed E-state index contributed by atoms with van der Waals surface area (Å²) in [6, 6.07) is 0.788. The van der Waals surface area contributed by atoms with Crippen molar-refractivity contribution in [1.82, 2.24) is 14.9 Å². The summed E-state index contributed by atoms with van der Waals surface area (Å²) in [6.07, 6.45) is 3.77. The summed E-state index contributed by atoms with van der Waals surface area (Å²) < 4.78 is 0. The van der Waals surface area contributed by atoms with E-state index in [1.165, 1.54) is 24.7 Å². The molecular formula is C10H13N5O2. The molecule has 0 atom stereocenters. The van der Waals surface area contributed by atoms with Crippen LogP contribution in [0.15, 0.2) is 36.0 Å². The molecule has 1 heterocycles. The Morgan fingerprint density at radius 1 is 1.71 bits per heavy atom. The van der Waals surface area contributed by atoms with Crippen LogP contribution >= 0.6 is 0 Å². The van der Waals surface area contributed by atoms with E-state index in [0.29, 0.717) is 5.69 Å². The maximum absolute atomic E-state index is 11.6. The van der Waals surface area contributed by atoms with Crippen LogP contribution in [-0.2, 0) is 0 Å². The topological polar surface area (TPSA) is 104 Å². The Labute approximate surface area is 97.7 Å². The van der Waals surface area contributed by atoms with E-state index in [0.717, 1.165) is 4.90 Å². The quantitative estimate of drug-likeness (QED) is 0.708. The fourth-order valence-electron chi connectivity index (χ4n) is 1.11. The minimum Gasteiger partial charge on any atom is -0.403 e. The minimum atomic E-state index is -0.532. The van der Waals surface area contributed by atoms with E-state index < -0.39 is 11.6 Å². The molecule has 0 aliphatic heterocycles. The summed E-state index contributed by atoms with van der Waals surface area (Å²) in [4.78, 5) is 30.2. The first kappa shape index (κ1) is 12.5. The van der Waals surface area contributed by atoms with Crippen molar-refractivity contribution in [3.05, 3.63) is 47.3 Å². The summed E-state index contributed by atoms with van der Waals surface area (Å²) >= 11 is 0. The Morgan fingerprint density at radius 2 is 2.41 bits per heavy atom. The Bertz CT molecular complexity index is 506. The zero-order valence-corrected chi connectivity index (χ0v) is 9.30. The molecule has 0 fully saturated rings. The number of carbonyl (C=O) groups excluding carboxylic acids is 1. The van der Waals surface area contributed by atoms with Gasteiger partial charge in [0.25, 0.3) is 5.56 Å². The van der Waals surface area contributed by atoms with Crippen molar-refractivity contribution in [2.45, 2.75) is 6.92 Å². The Morgan fingerprint density at radius 3 is 2.94 bits per heavy atom. The molecule has 17 heavy (non-hydrogen) atoms. The highest BCUT2D eigenvalue weighted by Gasteiger charge is 2.08. The van der Waals surface area contributed by atoms with Crippen LogP contribution in [0.5, 0.6) is 0 Å². The average molecular weight is 235 g/mol. The molecule has 0 spiro atoms. The van der Waals surface area contributed by atoms with Crippen molar-refractivity contribution < 1.29 is 4.79 Å². The summed E-state index contributed by atoms with van der Waals surface area (Å²) in [5.74, 6) is 0.0669. The predicted molar refractivity (Wildman–Crippen MR) is 64.0 cm³/mol. The van der Waals surface area contributed by atoms with Crippen LogP contribution < -0.4 is 16.6 Å². The summed E-state index contributed by atoms with van der Waals surface area (Å²) in [5, 5.41) is 2.40. The molecule has 2 amide bonds. The van der Waals surface area contributed by atoms with Gasteiger partial charge in [-0.25, -0.2) is 4.79 Å². The number of aromatic amines is 1. The molecule has 1 aromatic rings. The van der Waals surface area contributed by atoms with Gasteiger partial charge in [0.05, 0.1) is 0 Å². The lowest BCUT2D eigenvalue weighted by atomic mass is 10.4. The SMILES string of the molecule is C=CN(/C=C\N)C(=O)Nc1nc(=O)cc(C)[nH]1. The number of H-pyrrole nitrogens is 1. The zero-order valence-electron chi connectivity index (χ0n) is 9.30. The molecule has 0 unspecified atom stereocenters. The number of nitrogens with two attached hydrogens (primary N) is 1. The zero-order chi connectivity index (χ0) is 12.8. The number of rotatable bonds is 3. The first-order valence-electron chi connectivity index (χ1n) is 4.75. The molecule has 0 radical (unpaired) electrons. The van der Waals surface area contributed by atoms with Gasteiger partial charge < -0.3 is 10.7 Å². The van der Waals surface area contributed by atoms with Gasteiger partial charge in [-0.1, -0.05) is 6.58 Å². The number of aryl methyl sites for hydroxylation is 1. The monoisotopic (exact) mass is 235 g/mol. The lowest BCUT2D eigenvalue weighted by molar-refractivity contribution is 0.239. The van der Waals surface area contributed by atoms with E-state index in [9.17, 15) is 9.59 Å². The number of hydrogen-bond donors (Lipinski definition) is 3. The molecule has 7 nitrogen and oxygen atoms in total. The molecule has 1 rings (SSSR count). The summed E-state index contributed by atoms with van der Waals surface area (Å²) in [7, 11) is 0. The number of urea groups is 1. The molecule has 0 saturated heterocycles. The smallest absolute Gasteiger partial charge is 0.332 e. The number of anilines is 1. The van der Waals surface area contributed by atoms with E-state index in [1.807, 2.05) is 0 Å². The Balaban J connectivity index is 2.87. The molecule has 7 heteroatoms. The maximum atomic E-state index is 11.6. The summed E-state index contributed by atoms with van der Waals surface area (Å²) in [5.41, 5.74) is 5.32. The molecule has 0 aliphatic carbocycles. The molecule has 90 valence electrons. The van der Waals surface area contributed by atoms with Crippen molar-refractivity contribution >= 4 is 12.0 Å². The second-order valence-electron chi connectivity index (χ2n) is 3.11. The van der Waals surface area contributed by atoms with Gasteiger partial charge in [-0.2, -0.15) is 4.98 Å². The number of carbonyl (C=O) groups is 1. The molecule has 0 bridgehead atoms. The van der Waals surface area contributed by atoms with Gasteiger partial charge >= 0.3 is 6.03 Å². The van der Waals surface area contributed by atoms with E-state index in [4.69, 9.17) is 5.73 Å². The summed E-state index contributed by atoms with van der Waals surface area (Å²) in [6.45, 7) is 5.13. The fraction of sp³-hybridized carbons (Fsp3) is 0.100. The Kier molecular flexibility index (Phi) is 4.04. The third-order valence-electron chi connectivity index (χ3n) is 1.78. The molecular weight excluding hydrogens is 222 g/mol. The molecule has 1 aromatic heterocycles. The van der Waals surface area contributed by atoms with E-state index in [2.05, 4.69) is 21.9 Å². The molecule has 0 saturated carbocycles. The van der Waals surface area contributed by atoms with Crippen LogP contribution in [0.1, 0.15) is 5.69 Å². The molecule has 4 N–H and O–H groups in total. The predicted octanol–water partition coefficient (Wildman–Crippen LogP) is 0.486. The van der Waals surface area contributed by atoms with E-state index in [1.54, 1.807) is 6.92 Å². The van der Waals surface area contributed by atoms with Crippen molar-refractivity contribution in [2.24, 2.45) is 5.73 Å². The second kappa shape index (κ2) is 5.50. The van der Waals surface area contributed by atoms with Crippen molar-refractivity contribution in [3.63, 3.8) is 0 Å². The Hall–Kier alpha value is -2.57. The van der Waals surface area contributed by atoms with Gasteiger partial charge in [-0.15, -0.1) is 0 Å². The highest BCUT2D eigenvalue weighted by molar-refractivity contribution is 5.88. The first-order chi connectivity index (χ1) is 8.06. The van der Waals surface area contributed by atoms with Crippen molar-refractivity contribution in [2.75, 3.05) is 5.32 Å². The number of amides is 2. The molecule has 0 aliphatic rings. The number of aromatic nitrogens is 2.